The van der Waals surface area contributed by atoms with Crippen LogP contribution >= 0.6 is 0 Å². The summed E-state index contributed by atoms with van der Waals surface area (Å²) in [5.74, 6) is -1.03. The van der Waals surface area contributed by atoms with E-state index >= 15 is 0 Å². The number of hydrogen-bond acceptors (Lipinski definition) is 8. The Kier molecular flexibility index (Phi) is 15.5. The molecule has 0 aliphatic rings. The molecule has 0 unspecified atom stereocenters. The van der Waals surface area contributed by atoms with E-state index < -0.39 is 36.3 Å². The van der Waals surface area contributed by atoms with Crippen molar-refractivity contribution in [1.29, 1.82) is 0 Å². The first-order valence-corrected chi connectivity index (χ1v) is 20.1. The first kappa shape index (κ1) is 37.4. The summed E-state index contributed by atoms with van der Waals surface area (Å²) >= 11 is -6.76. The Labute approximate surface area is 265 Å². The molecule has 0 aliphatic heterocycles. The van der Waals surface area contributed by atoms with Crippen LogP contribution in [0.4, 0.5) is 11.4 Å². The summed E-state index contributed by atoms with van der Waals surface area (Å²) in [6, 6.07) is 11.5. The second kappa shape index (κ2) is 18.2. The Hall–Kier alpha value is -2.84. The van der Waals surface area contributed by atoms with Crippen LogP contribution in [0, 0.1) is 5.92 Å². The number of carbonyl (C=O) groups is 3. The minimum absolute atomic E-state index is 0.0102. The van der Waals surface area contributed by atoms with Gasteiger partial charge in [0.25, 0.3) is 0 Å². The van der Waals surface area contributed by atoms with Gasteiger partial charge in [-0.3, -0.25) is 0 Å². The molecular formula is C35H54N2O6Ti. The molecule has 0 saturated carbocycles. The van der Waals surface area contributed by atoms with Crippen LogP contribution in [0.2, 0.25) is 4.22 Å². The summed E-state index contributed by atoms with van der Waals surface area (Å²) in [5.41, 5.74) is 12.3. The molecule has 244 valence electrons. The fourth-order valence-electron chi connectivity index (χ4n) is 5.22. The maximum absolute atomic E-state index is 14.9. The Morgan fingerprint density at radius 2 is 1.02 bits per heavy atom. The van der Waals surface area contributed by atoms with Crippen molar-refractivity contribution in [1.82, 2.24) is 0 Å². The molecule has 0 radical (unpaired) electrons. The average Bonchev–Trinajstić information content (AvgIpc) is 2.97. The van der Waals surface area contributed by atoms with Crippen molar-refractivity contribution in [3.8, 4) is 0 Å². The zero-order valence-electron chi connectivity index (χ0n) is 27.3. The van der Waals surface area contributed by atoms with Crippen molar-refractivity contribution < 1.29 is 40.4 Å². The molecule has 9 heteroatoms. The Bertz CT molecular complexity index is 1260. The summed E-state index contributed by atoms with van der Waals surface area (Å²) in [7, 11) is 0. The van der Waals surface area contributed by atoms with Crippen molar-refractivity contribution in [3.63, 3.8) is 0 Å². The normalized spacial score (nSPS) is 12.0. The second-order valence-electron chi connectivity index (χ2n) is 12.8. The van der Waals surface area contributed by atoms with Gasteiger partial charge in [0.2, 0.25) is 0 Å². The number of benzene rings is 2. The van der Waals surface area contributed by atoms with Crippen LogP contribution in [-0.2, 0) is 30.8 Å². The first-order valence-electron chi connectivity index (χ1n) is 16.5. The van der Waals surface area contributed by atoms with Crippen LogP contribution in [0.15, 0.2) is 48.5 Å². The number of anilines is 2. The van der Waals surface area contributed by atoms with Crippen molar-refractivity contribution in [2.75, 3.05) is 11.5 Å². The molecule has 0 heterocycles. The van der Waals surface area contributed by atoms with Gasteiger partial charge in [0.05, 0.1) is 0 Å². The van der Waals surface area contributed by atoms with Crippen molar-refractivity contribution in [2.45, 2.75) is 122 Å². The van der Waals surface area contributed by atoms with Crippen LogP contribution in [0.3, 0.4) is 0 Å². The number of unbranched alkanes of at least 4 members (excludes halogenated alkanes) is 11. The van der Waals surface area contributed by atoms with Gasteiger partial charge in [0.1, 0.15) is 0 Å². The average molecular weight is 647 g/mol. The molecule has 2 rings (SSSR count). The summed E-state index contributed by atoms with van der Waals surface area (Å²) in [5, 5.41) is 0. The molecule has 0 aliphatic carbocycles. The molecule has 0 amide bonds. The molecule has 0 spiro atoms. The predicted molar refractivity (Wildman–Crippen MR) is 173 cm³/mol. The SMILES string of the molecule is CC(C)CCCCCCCCCCCCCCC(=O)[O][Ti](=[O])([O]C(=O)c1ccc(N)cc1)([C](=O)c1ccc(N)cc1)[CH](C)C. The van der Waals surface area contributed by atoms with Crippen molar-refractivity contribution >= 4 is 27.4 Å². The maximum atomic E-state index is 14.9. The number of nitrogens with two attached hydrogens (primary N) is 2. The monoisotopic (exact) mass is 646 g/mol. The topological polar surface area (TPSA) is 139 Å². The summed E-state index contributed by atoms with van der Waals surface area (Å²) in [6.45, 7) is 7.50. The van der Waals surface area contributed by atoms with E-state index in [0.29, 0.717) is 17.8 Å². The standard InChI is InChI=1S/C18H36O2.C7H7NO2.C7H6NO.C3H7.O.Ti/c1-17(2)15-13-11-9-7-5-3-4-6-8-10-12-14-16-18(19)20;8-6-3-1-5(2-4-6)7(9)10;8-7-3-1-6(5-9)2-4-7;1-3-2;;/h17H,3-16H2,1-2H3,(H,19,20);1-4H,8H2,(H,9,10);1-4H,8H2;3H,1-2H3;;/q;;;;;+2/p-2. The molecule has 44 heavy (non-hydrogen) atoms. The van der Waals surface area contributed by atoms with Gasteiger partial charge in [0.15, 0.2) is 0 Å². The molecule has 2 aromatic carbocycles. The van der Waals surface area contributed by atoms with Gasteiger partial charge in [-0.2, -0.15) is 0 Å². The molecule has 0 saturated heterocycles. The molecule has 0 aromatic heterocycles. The van der Waals surface area contributed by atoms with Crippen LogP contribution in [-0.4, -0.2) is 16.0 Å². The zero-order chi connectivity index (χ0) is 32.6. The van der Waals surface area contributed by atoms with Gasteiger partial charge in [-0.15, -0.1) is 0 Å². The molecule has 2 aromatic rings. The quantitative estimate of drug-likeness (QED) is 0.0777. The van der Waals surface area contributed by atoms with Gasteiger partial charge >= 0.3 is 221 Å². The number of rotatable bonds is 21. The number of nitrogen functional groups attached to an aromatic ring is 2. The van der Waals surface area contributed by atoms with Gasteiger partial charge < -0.3 is 0 Å². The summed E-state index contributed by atoms with van der Waals surface area (Å²) in [4.78, 5) is 40.2. The van der Waals surface area contributed by atoms with Gasteiger partial charge in [-0.1, -0.05) is 39.5 Å². The fourth-order valence-corrected chi connectivity index (χ4v) is 9.76. The van der Waals surface area contributed by atoms with Crippen molar-refractivity contribution in [2.24, 2.45) is 5.92 Å². The van der Waals surface area contributed by atoms with Crippen LogP contribution < -0.4 is 11.5 Å². The third-order valence-corrected chi connectivity index (χ3v) is 14.9. The molecule has 0 fully saturated rings. The molecule has 8 nitrogen and oxygen atoms in total. The fraction of sp³-hybridized carbons (Fsp3) is 0.571. The van der Waals surface area contributed by atoms with E-state index in [1.807, 2.05) is 0 Å². The summed E-state index contributed by atoms with van der Waals surface area (Å²) in [6.07, 6.45) is 15.0. The van der Waals surface area contributed by atoms with Crippen LogP contribution in [0.5, 0.6) is 0 Å². The van der Waals surface area contributed by atoms with E-state index in [4.69, 9.17) is 18.1 Å². The van der Waals surface area contributed by atoms with E-state index in [9.17, 15) is 17.7 Å². The molecular weight excluding hydrogens is 592 g/mol. The van der Waals surface area contributed by atoms with Crippen LogP contribution in [0.1, 0.15) is 138 Å². The Balaban J connectivity index is 1.93. The van der Waals surface area contributed by atoms with E-state index in [0.717, 1.165) is 25.2 Å². The van der Waals surface area contributed by atoms with Crippen molar-refractivity contribution in [3.05, 3.63) is 59.7 Å². The minimum atomic E-state index is -6.76. The van der Waals surface area contributed by atoms with Gasteiger partial charge in [0, 0.05) is 0 Å². The Morgan fingerprint density at radius 3 is 1.45 bits per heavy atom. The first-order chi connectivity index (χ1) is 20.9. The Morgan fingerprint density at radius 1 is 0.614 bits per heavy atom. The third kappa shape index (κ3) is 11.6. The summed E-state index contributed by atoms with van der Waals surface area (Å²) < 4.78 is 24.0. The number of hydrogen-bond donors (Lipinski definition) is 2. The van der Waals surface area contributed by atoms with Crippen LogP contribution in [0.25, 0.3) is 0 Å². The molecule has 0 bridgehead atoms. The van der Waals surface area contributed by atoms with E-state index in [1.165, 1.54) is 120 Å². The molecule has 0 atom stereocenters. The zero-order valence-corrected chi connectivity index (χ0v) is 28.8. The third-order valence-electron chi connectivity index (χ3n) is 8.23. The van der Waals surface area contributed by atoms with E-state index in [-0.39, 0.29) is 17.5 Å². The predicted octanol–water partition coefficient (Wildman–Crippen LogP) is 9.20. The van der Waals surface area contributed by atoms with E-state index in [2.05, 4.69) is 13.8 Å². The second-order valence-corrected chi connectivity index (χ2v) is 19.3. The van der Waals surface area contributed by atoms with E-state index in [1.54, 1.807) is 0 Å². The number of carbonyl (C=O) groups excluding carboxylic acids is 3. The van der Waals surface area contributed by atoms with Gasteiger partial charge in [-0.25, -0.2) is 0 Å². The molecule has 4 N–H and O–H groups in total. The van der Waals surface area contributed by atoms with Gasteiger partial charge in [-0.05, 0) is 5.92 Å².